The molecule has 2 rings (SSSR count). The van der Waals surface area contributed by atoms with Gasteiger partial charge >= 0.3 is 0 Å². The number of phenolic OH excluding ortho intramolecular Hbond substituents is 1. The van der Waals surface area contributed by atoms with Gasteiger partial charge in [0, 0.05) is 11.8 Å². The molecule has 0 fully saturated rings. The molecule has 0 aliphatic rings. The standard InChI is InChI=1S/C17H17NO4/c1-21-14-7-5-13(6-8-14)18-17(20)10-4-12-3-9-15(19)16(11-12)22-2/h3-11,19H,1-2H3,(H,18,20). The summed E-state index contributed by atoms with van der Waals surface area (Å²) in [6.07, 6.45) is 3.05. The zero-order chi connectivity index (χ0) is 15.9. The number of phenols is 1. The van der Waals surface area contributed by atoms with Crippen molar-refractivity contribution in [3.63, 3.8) is 0 Å². The predicted molar refractivity (Wildman–Crippen MR) is 85.3 cm³/mol. The minimum absolute atomic E-state index is 0.0577. The van der Waals surface area contributed by atoms with Crippen molar-refractivity contribution in [1.82, 2.24) is 0 Å². The Labute approximate surface area is 128 Å². The van der Waals surface area contributed by atoms with Gasteiger partial charge in [0.2, 0.25) is 5.91 Å². The zero-order valence-corrected chi connectivity index (χ0v) is 12.4. The molecule has 2 aromatic carbocycles. The van der Waals surface area contributed by atoms with Gasteiger partial charge in [0.15, 0.2) is 11.5 Å². The first-order valence-corrected chi connectivity index (χ1v) is 6.62. The molecule has 0 radical (unpaired) electrons. The minimum atomic E-state index is -0.253. The summed E-state index contributed by atoms with van der Waals surface area (Å²) in [5.41, 5.74) is 1.43. The zero-order valence-electron chi connectivity index (χ0n) is 12.4. The van der Waals surface area contributed by atoms with Crippen molar-refractivity contribution >= 4 is 17.7 Å². The molecule has 2 N–H and O–H groups in total. The molecule has 0 bridgehead atoms. The molecule has 0 spiro atoms. The normalized spacial score (nSPS) is 10.5. The topological polar surface area (TPSA) is 67.8 Å². The van der Waals surface area contributed by atoms with Crippen molar-refractivity contribution in [1.29, 1.82) is 0 Å². The third-order valence-electron chi connectivity index (χ3n) is 2.99. The molecule has 0 heterocycles. The van der Waals surface area contributed by atoms with Crippen LogP contribution in [-0.4, -0.2) is 25.2 Å². The molecule has 0 unspecified atom stereocenters. The fourth-order valence-electron chi connectivity index (χ4n) is 1.83. The van der Waals surface area contributed by atoms with Gasteiger partial charge in [-0.3, -0.25) is 4.79 Å². The number of aromatic hydroxyl groups is 1. The number of benzene rings is 2. The fourth-order valence-corrected chi connectivity index (χ4v) is 1.83. The molecule has 1 amide bonds. The van der Waals surface area contributed by atoms with Crippen LogP contribution in [0.25, 0.3) is 6.08 Å². The lowest BCUT2D eigenvalue weighted by Gasteiger charge is -2.05. The highest BCUT2D eigenvalue weighted by Gasteiger charge is 2.02. The summed E-state index contributed by atoms with van der Waals surface area (Å²) in [5, 5.41) is 12.3. The molecule has 2 aromatic rings. The smallest absolute Gasteiger partial charge is 0.248 e. The maximum absolute atomic E-state index is 11.9. The lowest BCUT2D eigenvalue weighted by Crippen LogP contribution is -2.07. The van der Waals surface area contributed by atoms with E-state index >= 15 is 0 Å². The first-order chi connectivity index (χ1) is 10.6. The maximum atomic E-state index is 11.9. The second-order valence-electron chi connectivity index (χ2n) is 4.48. The lowest BCUT2D eigenvalue weighted by molar-refractivity contribution is -0.111. The van der Waals surface area contributed by atoms with E-state index in [-0.39, 0.29) is 11.7 Å². The Morgan fingerprint density at radius 1 is 1.09 bits per heavy atom. The van der Waals surface area contributed by atoms with Crippen molar-refractivity contribution in [2.45, 2.75) is 0 Å². The van der Waals surface area contributed by atoms with Gasteiger partial charge in [-0.15, -0.1) is 0 Å². The molecule has 0 saturated heterocycles. The van der Waals surface area contributed by atoms with Crippen LogP contribution in [-0.2, 0) is 4.79 Å². The average molecular weight is 299 g/mol. The summed E-state index contributed by atoms with van der Waals surface area (Å²) in [7, 11) is 3.06. The van der Waals surface area contributed by atoms with Crippen LogP contribution in [0.3, 0.4) is 0 Å². The van der Waals surface area contributed by atoms with Crippen molar-refractivity contribution in [2.24, 2.45) is 0 Å². The lowest BCUT2D eigenvalue weighted by atomic mass is 10.2. The highest BCUT2D eigenvalue weighted by Crippen LogP contribution is 2.26. The molecule has 0 atom stereocenters. The second kappa shape index (κ2) is 7.17. The second-order valence-corrected chi connectivity index (χ2v) is 4.48. The van der Waals surface area contributed by atoms with Crippen LogP contribution >= 0.6 is 0 Å². The number of amides is 1. The molecule has 0 saturated carbocycles. The average Bonchev–Trinajstić information content (AvgIpc) is 2.55. The van der Waals surface area contributed by atoms with Crippen LogP contribution in [0.1, 0.15) is 5.56 Å². The first kappa shape index (κ1) is 15.4. The number of hydrogen-bond donors (Lipinski definition) is 2. The van der Waals surface area contributed by atoms with E-state index in [1.165, 1.54) is 19.3 Å². The van der Waals surface area contributed by atoms with Crippen molar-refractivity contribution in [2.75, 3.05) is 19.5 Å². The van der Waals surface area contributed by atoms with E-state index in [0.717, 1.165) is 11.3 Å². The summed E-state index contributed by atoms with van der Waals surface area (Å²) in [6.45, 7) is 0. The van der Waals surface area contributed by atoms with Crippen LogP contribution in [0.15, 0.2) is 48.5 Å². The van der Waals surface area contributed by atoms with Crippen LogP contribution in [0.4, 0.5) is 5.69 Å². The molecule has 5 heteroatoms. The van der Waals surface area contributed by atoms with Crippen LogP contribution < -0.4 is 14.8 Å². The predicted octanol–water partition coefficient (Wildman–Crippen LogP) is 3.06. The van der Waals surface area contributed by atoms with Crippen LogP contribution in [0.5, 0.6) is 17.2 Å². The van der Waals surface area contributed by atoms with E-state index in [2.05, 4.69) is 5.32 Å². The summed E-state index contributed by atoms with van der Waals surface area (Å²) in [4.78, 5) is 11.9. The van der Waals surface area contributed by atoms with E-state index in [4.69, 9.17) is 9.47 Å². The minimum Gasteiger partial charge on any atom is -0.504 e. The number of rotatable bonds is 5. The Hall–Kier alpha value is -2.95. The van der Waals surface area contributed by atoms with E-state index in [0.29, 0.717) is 11.4 Å². The van der Waals surface area contributed by atoms with E-state index < -0.39 is 0 Å². The monoisotopic (exact) mass is 299 g/mol. The molecule has 0 aliphatic carbocycles. The molecule has 5 nitrogen and oxygen atoms in total. The highest BCUT2D eigenvalue weighted by atomic mass is 16.5. The number of ether oxygens (including phenoxy) is 2. The SMILES string of the molecule is COc1ccc(NC(=O)C=Cc2ccc(O)c(OC)c2)cc1. The quantitative estimate of drug-likeness (QED) is 0.833. The van der Waals surface area contributed by atoms with Gasteiger partial charge in [-0.1, -0.05) is 6.07 Å². The molecule has 114 valence electrons. The summed E-state index contributed by atoms with van der Waals surface area (Å²) in [6, 6.07) is 11.9. The van der Waals surface area contributed by atoms with Crippen molar-refractivity contribution in [3.8, 4) is 17.2 Å². The number of nitrogens with one attached hydrogen (secondary N) is 1. The Morgan fingerprint density at radius 2 is 1.82 bits per heavy atom. The first-order valence-electron chi connectivity index (χ1n) is 6.62. The highest BCUT2D eigenvalue weighted by molar-refractivity contribution is 6.01. The Kier molecular flexibility index (Phi) is 5.03. The van der Waals surface area contributed by atoms with Gasteiger partial charge < -0.3 is 19.9 Å². The molecular formula is C17H17NO4. The third-order valence-corrected chi connectivity index (χ3v) is 2.99. The third kappa shape index (κ3) is 4.02. The molecule has 0 aliphatic heterocycles. The summed E-state index contributed by atoms with van der Waals surface area (Å²) < 4.78 is 10.1. The van der Waals surface area contributed by atoms with Crippen LogP contribution in [0.2, 0.25) is 0 Å². The Bertz CT molecular complexity index is 678. The summed E-state index contributed by atoms with van der Waals surface area (Å²) >= 11 is 0. The Balaban J connectivity index is 2.01. The van der Waals surface area contributed by atoms with Gasteiger partial charge in [-0.2, -0.15) is 0 Å². The molecular weight excluding hydrogens is 282 g/mol. The fraction of sp³-hybridized carbons (Fsp3) is 0.118. The number of hydrogen-bond acceptors (Lipinski definition) is 4. The van der Waals surface area contributed by atoms with Crippen LogP contribution in [0, 0.1) is 0 Å². The number of methoxy groups -OCH3 is 2. The number of carbonyl (C=O) groups excluding carboxylic acids is 1. The largest absolute Gasteiger partial charge is 0.504 e. The molecule has 22 heavy (non-hydrogen) atoms. The molecule has 0 aromatic heterocycles. The number of anilines is 1. The van der Waals surface area contributed by atoms with Gasteiger partial charge in [0.05, 0.1) is 14.2 Å². The van der Waals surface area contributed by atoms with Gasteiger partial charge in [-0.05, 0) is 48.0 Å². The maximum Gasteiger partial charge on any atom is 0.248 e. The van der Waals surface area contributed by atoms with E-state index in [1.54, 1.807) is 49.6 Å². The van der Waals surface area contributed by atoms with E-state index in [9.17, 15) is 9.90 Å². The Morgan fingerprint density at radius 3 is 2.45 bits per heavy atom. The van der Waals surface area contributed by atoms with Gasteiger partial charge in [0.1, 0.15) is 5.75 Å². The van der Waals surface area contributed by atoms with Crippen molar-refractivity contribution in [3.05, 3.63) is 54.1 Å². The van der Waals surface area contributed by atoms with Crippen molar-refractivity contribution < 1.29 is 19.4 Å². The van der Waals surface area contributed by atoms with Gasteiger partial charge in [0.25, 0.3) is 0 Å². The summed E-state index contributed by atoms with van der Waals surface area (Å²) in [5.74, 6) is 0.891. The van der Waals surface area contributed by atoms with Gasteiger partial charge in [-0.25, -0.2) is 0 Å². The number of carbonyl (C=O) groups is 1. The van der Waals surface area contributed by atoms with E-state index in [1.807, 2.05) is 0 Å².